The highest BCUT2D eigenvalue weighted by Gasteiger charge is 2.58. The van der Waals surface area contributed by atoms with Crippen LogP contribution in [0.4, 0.5) is 5.69 Å². The van der Waals surface area contributed by atoms with Gasteiger partial charge in [-0.15, -0.1) is 0 Å². The van der Waals surface area contributed by atoms with Gasteiger partial charge in [-0.1, -0.05) is 68.3 Å². The zero-order valence-corrected chi connectivity index (χ0v) is 25.0. The van der Waals surface area contributed by atoms with Crippen LogP contribution >= 0.6 is 0 Å². The van der Waals surface area contributed by atoms with Gasteiger partial charge >= 0.3 is 0 Å². The molecule has 8 nitrogen and oxygen atoms in total. The van der Waals surface area contributed by atoms with Crippen LogP contribution in [0.3, 0.4) is 0 Å². The van der Waals surface area contributed by atoms with E-state index in [0.29, 0.717) is 29.3 Å². The van der Waals surface area contributed by atoms with Gasteiger partial charge in [0.15, 0.2) is 11.5 Å². The minimum atomic E-state index is -3.90. The van der Waals surface area contributed by atoms with E-state index in [2.05, 4.69) is 6.92 Å². The summed E-state index contributed by atoms with van der Waals surface area (Å²) in [7, 11) is -3.90. The third-order valence-electron chi connectivity index (χ3n) is 9.00. The maximum Gasteiger partial charge on any atom is 0.268 e. The molecule has 0 saturated carbocycles. The molecule has 222 valence electrons. The standard InChI is InChI=1S/C35H30N2O6S/c1-2-3-9-17-36-29-16-10-14-25(33(29)35(34(36)38)21-41-30-19-32-31(18-27(30)35)42-22-43-32)26-20-37(28-15-8-7-13-24(26)28)44(39,40)23-11-5-4-6-12-23/h4-8,10-16,18-20H,2-3,9,17,21-22H2,1H3. The molecule has 3 aliphatic heterocycles. The van der Waals surface area contributed by atoms with E-state index in [1.165, 1.54) is 3.97 Å². The Balaban J connectivity index is 1.39. The largest absolute Gasteiger partial charge is 0.491 e. The second-order valence-electron chi connectivity index (χ2n) is 11.4. The molecule has 1 aromatic heterocycles. The van der Waals surface area contributed by atoms with Gasteiger partial charge in [-0.3, -0.25) is 4.79 Å². The average molecular weight is 607 g/mol. The summed E-state index contributed by atoms with van der Waals surface area (Å²) in [5.41, 5.74) is 3.33. The Kier molecular flexibility index (Phi) is 6.03. The number of hydrogen-bond acceptors (Lipinski definition) is 6. The number of para-hydroxylation sites is 1. The predicted octanol–water partition coefficient (Wildman–Crippen LogP) is 6.49. The van der Waals surface area contributed by atoms with E-state index in [-0.39, 0.29) is 24.2 Å². The van der Waals surface area contributed by atoms with Crippen molar-refractivity contribution in [2.45, 2.75) is 36.5 Å². The number of amides is 1. The normalized spacial score (nSPS) is 18.2. The Labute approximate surface area is 255 Å². The lowest BCUT2D eigenvalue weighted by atomic mass is 9.74. The van der Waals surface area contributed by atoms with Gasteiger partial charge in [0.2, 0.25) is 12.7 Å². The van der Waals surface area contributed by atoms with E-state index < -0.39 is 15.4 Å². The Morgan fingerprint density at radius 1 is 0.818 bits per heavy atom. The molecular weight excluding hydrogens is 576 g/mol. The van der Waals surface area contributed by atoms with Crippen LogP contribution in [-0.4, -0.2) is 38.2 Å². The number of fused-ring (bicyclic) bond motifs is 6. The van der Waals surface area contributed by atoms with Crippen molar-refractivity contribution in [3.05, 3.63) is 102 Å². The molecule has 1 amide bonds. The van der Waals surface area contributed by atoms with Crippen molar-refractivity contribution in [1.82, 2.24) is 3.97 Å². The lowest BCUT2D eigenvalue weighted by molar-refractivity contribution is -0.122. The maximum atomic E-state index is 14.7. The predicted molar refractivity (Wildman–Crippen MR) is 167 cm³/mol. The highest BCUT2D eigenvalue weighted by molar-refractivity contribution is 7.90. The van der Waals surface area contributed by atoms with E-state index in [9.17, 15) is 13.2 Å². The van der Waals surface area contributed by atoms with Crippen LogP contribution in [0.25, 0.3) is 22.0 Å². The molecule has 0 N–H and O–H groups in total. The second-order valence-corrected chi connectivity index (χ2v) is 13.2. The molecule has 1 atom stereocenters. The number of ether oxygens (including phenoxy) is 3. The van der Waals surface area contributed by atoms with Crippen LogP contribution in [0, 0.1) is 0 Å². The third-order valence-corrected chi connectivity index (χ3v) is 10.7. The molecular formula is C35H30N2O6S. The highest BCUT2D eigenvalue weighted by Crippen LogP contribution is 2.58. The summed E-state index contributed by atoms with van der Waals surface area (Å²) in [6.07, 6.45) is 4.59. The first kappa shape index (κ1) is 26.8. The molecule has 1 spiro atoms. The van der Waals surface area contributed by atoms with Gasteiger partial charge < -0.3 is 19.1 Å². The molecule has 0 radical (unpaired) electrons. The van der Waals surface area contributed by atoms with E-state index >= 15 is 0 Å². The Morgan fingerprint density at radius 3 is 2.41 bits per heavy atom. The van der Waals surface area contributed by atoms with Gasteiger partial charge in [-0.05, 0) is 42.3 Å². The molecule has 5 aromatic rings. The number of aromatic nitrogens is 1. The summed E-state index contributed by atoms with van der Waals surface area (Å²) in [5, 5.41) is 0.775. The van der Waals surface area contributed by atoms with Gasteiger partial charge in [0.1, 0.15) is 17.8 Å². The lowest BCUT2D eigenvalue weighted by Gasteiger charge is -2.24. The van der Waals surface area contributed by atoms with Gasteiger partial charge in [0.25, 0.3) is 10.0 Å². The van der Waals surface area contributed by atoms with Gasteiger partial charge in [0.05, 0.1) is 10.4 Å². The van der Waals surface area contributed by atoms with Gasteiger partial charge in [-0.25, -0.2) is 12.4 Å². The summed E-state index contributed by atoms with van der Waals surface area (Å²) in [6, 6.07) is 25.5. The first-order valence-corrected chi connectivity index (χ1v) is 16.3. The molecule has 3 aliphatic rings. The number of carbonyl (C=O) groups is 1. The fraction of sp³-hybridized carbons (Fsp3) is 0.229. The number of nitrogens with zero attached hydrogens (tertiary/aromatic N) is 2. The summed E-state index contributed by atoms with van der Waals surface area (Å²) in [6.45, 7) is 2.95. The number of unbranched alkanes of at least 4 members (excludes halogenated alkanes) is 2. The molecule has 44 heavy (non-hydrogen) atoms. The van der Waals surface area contributed by atoms with Gasteiger partial charge in [0, 0.05) is 46.6 Å². The Hall–Kier alpha value is -4.76. The molecule has 4 aromatic carbocycles. The molecule has 0 aliphatic carbocycles. The topological polar surface area (TPSA) is 87.1 Å². The summed E-state index contributed by atoms with van der Waals surface area (Å²) in [4.78, 5) is 16.8. The minimum Gasteiger partial charge on any atom is -0.491 e. The third kappa shape index (κ3) is 3.68. The first-order chi connectivity index (χ1) is 21.4. The molecule has 0 bridgehead atoms. The quantitative estimate of drug-likeness (QED) is 0.197. The van der Waals surface area contributed by atoms with Gasteiger partial charge in [-0.2, -0.15) is 0 Å². The number of anilines is 1. The van der Waals surface area contributed by atoms with Crippen LogP contribution in [-0.2, 0) is 20.2 Å². The van der Waals surface area contributed by atoms with Crippen LogP contribution in [0.5, 0.6) is 17.2 Å². The van der Waals surface area contributed by atoms with Crippen molar-refractivity contribution in [2.75, 3.05) is 24.8 Å². The summed E-state index contributed by atoms with van der Waals surface area (Å²) in [5.74, 6) is 1.71. The number of rotatable bonds is 7. The van der Waals surface area contributed by atoms with Crippen LogP contribution in [0.1, 0.15) is 37.3 Å². The fourth-order valence-corrected chi connectivity index (χ4v) is 8.31. The highest BCUT2D eigenvalue weighted by atomic mass is 32.2. The van der Waals surface area contributed by atoms with E-state index in [4.69, 9.17) is 14.2 Å². The zero-order valence-electron chi connectivity index (χ0n) is 24.2. The second kappa shape index (κ2) is 9.89. The van der Waals surface area contributed by atoms with Crippen molar-refractivity contribution >= 4 is 32.5 Å². The van der Waals surface area contributed by atoms with E-state index in [1.54, 1.807) is 42.6 Å². The molecule has 1 unspecified atom stereocenters. The Bertz CT molecular complexity index is 2070. The maximum absolute atomic E-state index is 14.7. The zero-order chi connectivity index (χ0) is 30.1. The van der Waals surface area contributed by atoms with Crippen LogP contribution in [0.2, 0.25) is 0 Å². The van der Waals surface area contributed by atoms with Crippen molar-refractivity contribution in [1.29, 1.82) is 0 Å². The number of hydrogen-bond donors (Lipinski definition) is 0. The lowest BCUT2D eigenvalue weighted by Crippen LogP contribution is -2.43. The molecule has 0 saturated heterocycles. The fourth-order valence-electron chi connectivity index (χ4n) is 6.92. The Morgan fingerprint density at radius 2 is 1.59 bits per heavy atom. The van der Waals surface area contributed by atoms with E-state index in [1.807, 2.05) is 53.4 Å². The molecule has 9 heteroatoms. The average Bonchev–Trinajstić information content (AvgIpc) is 3.81. The van der Waals surface area contributed by atoms with Crippen LogP contribution in [0.15, 0.2) is 96.0 Å². The van der Waals surface area contributed by atoms with Crippen molar-refractivity contribution in [2.24, 2.45) is 0 Å². The van der Waals surface area contributed by atoms with Crippen molar-refractivity contribution < 1.29 is 27.4 Å². The van der Waals surface area contributed by atoms with Crippen LogP contribution < -0.4 is 19.1 Å². The summed E-state index contributed by atoms with van der Waals surface area (Å²) >= 11 is 0. The molecule has 4 heterocycles. The molecule has 8 rings (SSSR count). The van der Waals surface area contributed by atoms with Crippen molar-refractivity contribution in [3.63, 3.8) is 0 Å². The number of carbonyl (C=O) groups excluding carboxylic acids is 1. The number of benzene rings is 4. The smallest absolute Gasteiger partial charge is 0.268 e. The van der Waals surface area contributed by atoms with Crippen molar-refractivity contribution in [3.8, 4) is 28.4 Å². The van der Waals surface area contributed by atoms with E-state index in [0.717, 1.165) is 52.6 Å². The monoisotopic (exact) mass is 606 g/mol. The molecule has 0 fully saturated rings. The minimum absolute atomic E-state index is 0.0469. The first-order valence-electron chi connectivity index (χ1n) is 14.9. The summed E-state index contributed by atoms with van der Waals surface area (Å²) < 4.78 is 46.9. The SMILES string of the molecule is CCCCCN1C(=O)C2(COc3cc4c(cc32)OCO4)c2c(-c3cn(S(=O)(=O)c4ccccc4)c4ccccc34)cccc21.